The number of aryl methyl sites for hydroxylation is 1. The molecule has 2 N–H and O–H groups in total. The Balaban J connectivity index is 3.02. The fourth-order valence-electron chi connectivity index (χ4n) is 1.22. The number of rotatable bonds is 4. The molecule has 0 aliphatic rings. The minimum atomic E-state index is -0.438. The number of nitro groups is 1. The van der Waals surface area contributed by atoms with Gasteiger partial charge in [-0.3, -0.25) is 10.1 Å². The quantitative estimate of drug-likeness (QED) is 0.562. The molecule has 0 aromatic heterocycles. The summed E-state index contributed by atoms with van der Waals surface area (Å²) in [5, 5.41) is 22.1. The lowest BCUT2D eigenvalue weighted by molar-refractivity contribution is -0.384. The Hall–Kier alpha value is -1.62. The van der Waals surface area contributed by atoms with Crippen LogP contribution >= 0.6 is 0 Å². The standard InChI is InChI=1S/C9H12N2O3/c1-7-3-2-4-8(11(13)14)9(7)10-5-6-12/h2-4,10,12H,5-6H2,1H3. The highest BCUT2D eigenvalue weighted by Gasteiger charge is 2.14. The molecule has 76 valence electrons. The second-order valence-corrected chi connectivity index (χ2v) is 2.88. The maximum absolute atomic E-state index is 10.6. The number of aliphatic hydroxyl groups is 1. The van der Waals surface area contributed by atoms with Crippen LogP contribution in [0, 0.1) is 17.0 Å². The van der Waals surface area contributed by atoms with Gasteiger partial charge in [-0.2, -0.15) is 0 Å². The number of nitrogens with zero attached hydrogens (tertiary/aromatic N) is 1. The van der Waals surface area contributed by atoms with Crippen molar-refractivity contribution in [2.75, 3.05) is 18.5 Å². The molecule has 0 radical (unpaired) electrons. The molecular weight excluding hydrogens is 184 g/mol. The van der Waals surface area contributed by atoms with Crippen molar-refractivity contribution < 1.29 is 10.0 Å². The molecule has 0 aliphatic heterocycles. The molecule has 0 fully saturated rings. The Labute approximate surface area is 81.5 Å². The fraction of sp³-hybridized carbons (Fsp3) is 0.333. The predicted octanol–water partition coefficient (Wildman–Crippen LogP) is 1.31. The van der Waals surface area contributed by atoms with Gasteiger partial charge in [-0.1, -0.05) is 12.1 Å². The Morgan fingerprint density at radius 1 is 1.57 bits per heavy atom. The highest BCUT2D eigenvalue weighted by Crippen LogP contribution is 2.27. The number of benzene rings is 1. The van der Waals surface area contributed by atoms with Crippen LogP contribution in [0.4, 0.5) is 11.4 Å². The smallest absolute Gasteiger partial charge is 0.292 e. The maximum Gasteiger partial charge on any atom is 0.292 e. The van der Waals surface area contributed by atoms with Gasteiger partial charge in [0.1, 0.15) is 5.69 Å². The van der Waals surface area contributed by atoms with Crippen LogP contribution in [0.25, 0.3) is 0 Å². The molecule has 5 nitrogen and oxygen atoms in total. The largest absolute Gasteiger partial charge is 0.395 e. The summed E-state index contributed by atoms with van der Waals surface area (Å²) in [7, 11) is 0. The summed E-state index contributed by atoms with van der Waals surface area (Å²) in [4.78, 5) is 10.2. The van der Waals surface area contributed by atoms with Gasteiger partial charge < -0.3 is 10.4 Å². The Morgan fingerprint density at radius 3 is 2.86 bits per heavy atom. The zero-order valence-electron chi connectivity index (χ0n) is 7.86. The van der Waals surface area contributed by atoms with E-state index in [0.717, 1.165) is 5.56 Å². The molecule has 0 spiro atoms. The summed E-state index contributed by atoms with van der Waals surface area (Å²) >= 11 is 0. The van der Waals surface area contributed by atoms with Crippen molar-refractivity contribution in [1.82, 2.24) is 0 Å². The van der Waals surface area contributed by atoms with Crippen molar-refractivity contribution in [2.45, 2.75) is 6.92 Å². The van der Waals surface area contributed by atoms with Gasteiger partial charge in [-0.05, 0) is 12.5 Å². The topological polar surface area (TPSA) is 75.4 Å². The summed E-state index contributed by atoms with van der Waals surface area (Å²) in [6, 6.07) is 4.86. The molecule has 0 bridgehead atoms. The number of anilines is 1. The number of hydrogen-bond donors (Lipinski definition) is 2. The molecular formula is C9H12N2O3. The van der Waals surface area contributed by atoms with E-state index < -0.39 is 4.92 Å². The van der Waals surface area contributed by atoms with Crippen LogP contribution in [-0.4, -0.2) is 23.2 Å². The second kappa shape index (κ2) is 4.57. The molecule has 0 aliphatic carbocycles. The third-order valence-electron chi connectivity index (χ3n) is 1.86. The molecule has 0 saturated carbocycles. The van der Waals surface area contributed by atoms with Crippen molar-refractivity contribution in [1.29, 1.82) is 0 Å². The maximum atomic E-state index is 10.6. The van der Waals surface area contributed by atoms with E-state index in [1.807, 2.05) is 0 Å². The highest BCUT2D eigenvalue weighted by molar-refractivity contribution is 5.65. The molecule has 1 rings (SSSR count). The second-order valence-electron chi connectivity index (χ2n) is 2.88. The monoisotopic (exact) mass is 196 g/mol. The van der Waals surface area contributed by atoms with Gasteiger partial charge in [-0.15, -0.1) is 0 Å². The summed E-state index contributed by atoms with van der Waals surface area (Å²) < 4.78 is 0. The van der Waals surface area contributed by atoms with Gasteiger partial charge in [0.25, 0.3) is 5.69 Å². The molecule has 14 heavy (non-hydrogen) atoms. The zero-order valence-corrected chi connectivity index (χ0v) is 7.86. The summed E-state index contributed by atoms with van der Waals surface area (Å²) in [6.07, 6.45) is 0. The molecule has 0 unspecified atom stereocenters. The fourth-order valence-corrected chi connectivity index (χ4v) is 1.22. The highest BCUT2D eigenvalue weighted by atomic mass is 16.6. The summed E-state index contributed by atoms with van der Waals surface area (Å²) in [5.41, 5.74) is 1.32. The summed E-state index contributed by atoms with van der Waals surface area (Å²) in [6.45, 7) is 2.05. The van der Waals surface area contributed by atoms with E-state index in [9.17, 15) is 10.1 Å². The molecule has 5 heteroatoms. The average Bonchev–Trinajstić information content (AvgIpc) is 2.15. The van der Waals surface area contributed by atoms with Crippen LogP contribution < -0.4 is 5.32 Å². The first-order valence-corrected chi connectivity index (χ1v) is 4.25. The van der Waals surface area contributed by atoms with E-state index in [-0.39, 0.29) is 12.3 Å². The number of aliphatic hydroxyl groups excluding tert-OH is 1. The Morgan fingerprint density at radius 2 is 2.29 bits per heavy atom. The van der Waals surface area contributed by atoms with Crippen molar-refractivity contribution in [2.24, 2.45) is 0 Å². The predicted molar refractivity (Wildman–Crippen MR) is 53.4 cm³/mol. The van der Waals surface area contributed by atoms with Gasteiger partial charge in [0.2, 0.25) is 0 Å². The van der Waals surface area contributed by atoms with Crippen molar-refractivity contribution in [3.05, 3.63) is 33.9 Å². The van der Waals surface area contributed by atoms with Crippen LogP contribution in [0.2, 0.25) is 0 Å². The SMILES string of the molecule is Cc1cccc([N+](=O)[O-])c1NCCO. The molecule has 1 aromatic carbocycles. The van der Waals surface area contributed by atoms with Crippen LogP contribution in [0.3, 0.4) is 0 Å². The van der Waals surface area contributed by atoms with Gasteiger partial charge in [0.15, 0.2) is 0 Å². The lowest BCUT2D eigenvalue weighted by Gasteiger charge is -2.07. The molecule has 0 amide bonds. The molecule has 0 atom stereocenters. The molecule has 0 heterocycles. The Bertz CT molecular complexity index is 339. The first kappa shape index (κ1) is 10.5. The number of hydrogen-bond acceptors (Lipinski definition) is 4. The lowest BCUT2D eigenvalue weighted by Crippen LogP contribution is -2.08. The van der Waals surface area contributed by atoms with E-state index in [0.29, 0.717) is 12.2 Å². The van der Waals surface area contributed by atoms with Crippen molar-refractivity contribution in [3.8, 4) is 0 Å². The summed E-state index contributed by atoms with van der Waals surface area (Å²) in [5.74, 6) is 0. The van der Waals surface area contributed by atoms with Gasteiger partial charge in [-0.25, -0.2) is 0 Å². The normalized spacial score (nSPS) is 9.86. The number of nitrogens with one attached hydrogen (secondary N) is 1. The van der Waals surface area contributed by atoms with E-state index >= 15 is 0 Å². The lowest BCUT2D eigenvalue weighted by atomic mass is 10.1. The van der Waals surface area contributed by atoms with Crippen molar-refractivity contribution in [3.63, 3.8) is 0 Å². The number of nitro benzene ring substituents is 1. The zero-order chi connectivity index (χ0) is 10.6. The van der Waals surface area contributed by atoms with E-state index in [2.05, 4.69) is 5.32 Å². The van der Waals surface area contributed by atoms with Crippen LogP contribution in [0.15, 0.2) is 18.2 Å². The minimum absolute atomic E-state index is 0.0402. The first-order valence-electron chi connectivity index (χ1n) is 4.25. The van der Waals surface area contributed by atoms with Crippen molar-refractivity contribution >= 4 is 11.4 Å². The van der Waals surface area contributed by atoms with Gasteiger partial charge in [0, 0.05) is 12.6 Å². The third-order valence-corrected chi connectivity index (χ3v) is 1.86. The third kappa shape index (κ3) is 2.20. The van der Waals surface area contributed by atoms with E-state index in [1.165, 1.54) is 6.07 Å². The number of para-hydroxylation sites is 1. The average molecular weight is 196 g/mol. The van der Waals surface area contributed by atoms with Gasteiger partial charge >= 0.3 is 0 Å². The van der Waals surface area contributed by atoms with Crippen LogP contribution in [-0.2, 0) is 0 Å². The van der Waals surface area contributed by atoms with Crippen LogP contribution in [0.1, 0.15) is 5.56 Å². The minimum Gasteiger partial charge on any atom is -0.395 e. The van der Waals surface area contributed by atoms with E-state index in [1.54, 1.807) is 19.1 Å². The Kier molecular flexibility index (Phi) is 3.41. The van der Waals surface area contributed by atoms with Crippen LogP contribution in [0.5, 0.6) is 0 Å². The molecule has 0 saturated heterocycles. The van der Waals surface area contributed by atoms with E-state index in [4.69, 9.17) is 5.11 Å². The molecule has 1 aromatic rings. The van der Waals surface area contributed by atoms with Gasteiger partial charge in [0.05, 0.1) is 11.5 Å². The first-order chi connectivity index (χ1) is 6.66.